The number of halogens is 1. The maximum Gasteiger partial charge on any atom is 0.222 e. The van der Waals surface area contributed by atoms with Crippen molar-refractivity contribution in [2.45, 2.75) is 51.1 Å². The number of aromatic nitrogens is 3. The number of rotatable bonds is 5. The lowest BCUT2D eigenvalue weighted by atomic mass is 9.96. The lowest BCUT2D eigenvalue weighted by Gasteiger charge is -2.33. The Hall–Kier alpha value is -2.28. The van der Waals surface area contributed by atoms with E-state index in [9.17, 15) is 9.18 Å². The number of carbonyl (C=O) groups excluding carboxylic acids is 1. The number of hydrogen-bond acceptors (Lipinski definition) is 4. The summed E-state index contributed by atoms with van der Waals surface area (Å²) in [6.45, 7) is 4.18. The van der Waals surface area contributed by atoms with Crippen LogP contribution in [0.25, 0.3) is 0 Å². The molecular weight excluding hydrogens is 345 g/mol. The monoisotopic (exact) mass is 371 g/mol. The van der Waals surface area contributed by atoms with Crippen molar-refractivity contribution in [3.8, 4) is 0 Å². The second-order valence-electron chi connectivity index (χ2n) is 7.46. The van der Waals surface area contributed by atoms with Crippen LogP contribution in [0.2, 0.25) is 0 Å². The predicted molar refractivity (Wildman–Crippen MR) is 99.6 cm³/mol. The number of benzene rings is 1. The van der Waals surface area contributed by atoms with E-state index in [1.54, 1.807) is 12.1 Å². The van der Waals surface area contributed by atoms with Crippen LogP contribution in [0.1, 0.15) is 48.8 Å². The van der Waals surface area contributed by atoms with Crippen LogP contribution >= 0.6 is 0 Å². The Morgan fingerprint density at radius 1 is 1.22 bits per heavy atom. The quantitative estimate of drug-likeness (QED) is 0.876. The Kier molecular flexibility index (Phi) is 5.48. The van der Waals surface area contributed by atoms with E-state index in [0.717, 1.165) is 75.6 Å². The standard InChI is InChI=1S/C20H26FN5O/c21-17-8-6-15(7-9-17)3-1-5-19(27)25-11-2-4-16(14-25)20-24-23-18-13-22-10-12-26(18)20/h6-9,16,22H,1-5,10-14H2/t16-/m1/s1. The first-order valence-electron chi connectivity index (χ1n) is 9.85. The normalized spacial score (nSPS) is 19.7. The zero-order chi connectivity index (χ0) is 18.6. The molecule has 2 aromatic rings. The molecule has 1 amide bonds. The number of amides is 1. The number of nitrogens with one attached hydrogen (secondary N) is 1. The molecule has 0 bridgehead atoms. The summed E-state index contributed by atoms with van der Waals surface area (Å²) in [6.07, 6.45) is 4.19. The van der Waals surface area contributed by atoms with Crippen molar-refractivity contribution in [2.75, 3.05) is 19.6 Å². The highest BCUT2D eigenvalue weighted by Gasteiger charge is 2.29. The molecule has 0 unspecified atom stereocenters. The Bertz CT molecular complexity index is 788. The van der Waals surface area contributed by atoms with Gasteiger partial charge >= 0.3 is 0 Å². The average molecular weight is 371 g/mol. The van der Waals surface area contributed by atoms with Crippen LogP contribution < -0.4 is 5.32 Å². The molecule has 6 nitrogen and oxygen atoms in total. The summed E-state index contributed by atoms with van der Waals surface area (Å²) in [5.74, 6) is 2.30. The van der Waals surface area contributed by atoms with Gasteiger partial charge in [-0.1, -0.05) is 12.1 Å². The predicted octanol–water partition coefficient (Wildman–Crippen LogP) is 2.25. The van der Waals surface area contributed by atoms with Crippen LogP contribution in [0.5, 0.6) is 0 Å². The number of carbonyl (C=O) groups is 1. The van der Waals surface area contributed by atoms with Crippen molar-refractivity contribution < 1.29 is 9.18 Å². The van der Waals surface area contributed by atoms with Crippen molar-refractivity contribution in [3.63, 3.8) is 0 Å². The molecule has 1 aromatic heterocycles. The second-order valence-corrected chi connectivity index (χ2v) is 7.46. The van der Waals surface area contributed by atoms with E-state index >= 15 is 0 Å². The van der Waals surface area contributed by atoms with Gasteiger partial charge in [0.2, 0.25) is 5.91 Å². The minimum atomic E-state index is -0.222. The van der Waals surface area contributed by atoms with E-state index in [2.05, 4.69) is 20.1 Å². The molecule has 1 N–H and O–H groups in total. The van der Waals surface area contributed by atoms with Crippen LogP contribution in [0.3, 0.4) is 0 Å². The molecule has 1 saturated heterocycles. The molecule has 0 radical (unpaired) electrons. The Morgan fingerprint density at radius 3 is 2.93 bits per heavy atom. The summed E-state index contributed by atoms with van der Waals surface area (Å²) in [6, 6.07) is 6.53. The van der Waals surface area contributed by atoms with Crippen molar-refractivity contribution in [1.29, 1.82) is 0 Å². The van der Waals surface area contributed by atoms with Gasteiger partial charge in [-0.05, 0) is 43.4 Å². The van der Waals surface area contributed by atoms with Crippen LogP contribution in [-0.4, -0.2) is 45.2 Å². The van der Waals surface area contributed by atoms with Gasteiger partial charge in [0, 0.05) is 38.5 Å². The van der Waals surface area contributed by atoms with Gasteiger partial charge in [0.1, 0.15) is 17.5 Å². The third-order valence-electron chi connectivity index (χ3n) is 5.56. The number of fused-ring (bicyclic) bond motifs is 1. The topological polar surface area (TPSA) is 63.1 Å². The van der Waals surface area contributed by atoms with Gasteiger partial charge < -0.3 is 14.8 Å². The minimum Gasteiger partial charge on any atom is -0.342 e. The van der Waals surface area contributed by atoms with Crippen LogP contribution in [-0.2, 0) is 24.3 Å². The first-order valence-corrected chi connectivity index (χ1v) is 9.85. The number of hydrogen-bond donors (Lipinski definition) is 1. The van der Waals surface area contributed by atoms with Gasteiger partial charge in [-0.3, -0.25) is 4.79 Å². The molecule has 2 aliphatic heterocycles. The van der Waals surface area contributed by atoms with Gasteiger partial charge in [0.05, 0.1) is 6.54 Å². The molecule has 27 heavy (non-hydrogen) atoms. The molecule has 0 aliphatic carbocycles. The first-order chi connectivity index (χ1) is 13.2. The number of aryl methyl sites for hydroxylation is 1. The largest absolute Gasteiger partial charge is 0.342 e. The Balaban J connectivity index is 1.32. The van der Waals surface area contributed by atoms with Crippen molar-refractivity contribution in [1.82, 2.24) is 25.0 Å². The fourth-order valence-electron chi connectivity index (χ4n) is 4.08. The second kappa shape index (κ2) is 8.17. The molecule has 3 heterocycles. The Labute approximate surface area is 158 Å². The zero-order valence-corrected chi connectivity index (χ0v) is 15.5. The Morgan fingerprint density at radius 2 is 2.07 bits per heavy atom. The van der Waals surface area contributed by atoms with E-state index in [1.807, 2.05) is 4.90 Å². The molecule has 2 aliphatic rings. The highest BCUT2D eigenvalue weighted by molar-refractivity contribution is 5.76. The highest BCUT2D eigenvalue weighted by Crippen LogP contribution is 2.27. The maximum atomic E-state index is 13.0. The van der Waals surface area contributed by atoms with Crippen molar-refractivity contribution in [3.05, 3.63) is 47.3 Å². The lowest BCUT2D eigenvalue weighted by molar-refractivity contribution is -0.132. The minimum absolute atomic E-state index is 0.210. The van der Waals surface area contributed by atoms with Crippen LogP contribution in [0.4, 0.5) is 4.39 Å². The lowest BCUT2D eigenvalue weighted by Crippen LogP contribution is -2.40. The van der Waals surface area contributed by atoms with E-state index < -0.39 is 0 Å². The van der Waals surface area contributed by atoms with E-state index in [-0.39, 0.29) is 17.6 Å². The molecule has 7 heteroatoms. The highest BCUT2D eigenvalue weighted by atomic mass is 19.1. The van der Waals surface area contributed by atoms with Gasteiger partial charge in [-0.15, -0.1) is 10.2 Å². The summed E-state index contributed by atoms with van der Waals surface area (Å²) < 4.78 is 15.2. The van der Waals surface area contributed by atoms with Gasteiger partial charge in [-0.25, -0.2) is 4.39 Å². The number of likely N-dealkylation sites (tertiary alicyclic amines) is 1. The average Bonchev–Trinajstić information content (AvgIpc) is 3.14. The van der Waals surface area contributed by atoms with Crippen molar-refractivity contribution in [2.24, 2.45) is 0 Å². The SMILES string of the molecule is O=C(CCCc1ccc(F)cc1)N1CCC[C@@H](c2nnc3n2CCNC3)C1. The zero-order valence-electron chi connectivity index (χ0n) is 15.5. The fraction of sp³-hybridized carbons (Fsp3) is 0.550. The maximum absolute atomic E-state index is 13.0. The summed E-state index contributed by atoms with van der Waals surface area (Å²) in [5.41, 5.74) is 1.07. The summed E-state index contributed by atoms with van der Waals surface area (Å²) in [4.78, 5) is 14.6. The third-order valence-corrected chi connectivity index (χ3v) is 5.56. The van der Waals surface area contributed by atoms with Gasteiger partial charge in [0.15, 0.2) is 0 Å². The smallest absolute Gasteiger partial charge is 0.222 e. The van der Waals surface area contributed by atoms with E-state index in [1.165, 1.54) is 12.1 Å². The summed E-state index contributed by atoms with van der Waals surface area (Å²) in [7, 11) is 0. The van der Waals surface area contributed by atoms with Gasteiger partial charge in [-0.2, -0.15) is 0 Å². The van der Waals surface area contributed by atoms with Crippen LogP contribution in [0, 0.1) is 5.82 Å². The fourth-order valence-corrected chi connectivity index (χ4v) is 4.08. The number of piperidine rings is 1. The molecule has 1 atom stereocenters. The van der Waals surface area contributed by atoms with Crippen molar-refractivity contribution >= 4 is 5.91 Å². The molecular formula is C20H26FN5O. The molecule has 0 spiro atoms. The van der Waals surface area contributed by atoms with Gasteiger partial charge in [0.25, 0.3) is 0 Å². The van der Waals surface area contributed by atoms with Crippen LogP contribution in [0.15, 0.2) is 24.3 Å². The van der Waals surface area contributed by atoms with E-state index in [4.69, 9.17) is 0 Å². The molecule has 144 valence electrons. The molecule has 1 fully saturated rings. The molecule has 4 rings (SSSR count). The number of nitrogens with zero attached hydrogens (tertiary/aromatic N) is 4. The molecule has 0 saturated carbocycles. The van der Waals surface area contributed by atoms with E-state index in [0.29, 0.717) is 6.42 Å². The summed E-state index contributed by atoms with van der Waals surface area (Å²) in [5, 5.41) is 12.1. The summed E-state index contributed by atoms with van der Waals surface area (Å²) >= 11 is 0. The third kappa shape index (κ3) is 4.18. The molecule has 1 aromatic carbocycles. The first kappa shape index (κ1) is 18.1.